The molecule has 0 aromatic rings. The van der Waals surface area contributed by atoms with Crippen LogP contribution in [0.2, 0.25) is 0 Å². The molecule has 0 fully saturated rings. The van der Waals surface area contributed by atoms with E-state index in [9.17, 15) is 4.79 Å². The van der Waals surface area contributed by atoms with Crippen LogP contribution in [0, 0.1) is 0 Å². The highest BCUT2D eigenvalue weighted by Crippen LogP contribution is 2.16. The van der Waals surface area contributed by atoms with Gasteiger partial charge in [-0.3, -0.25) is 14.5 Å². The number of rotatable bonds is 0. The van der Waals surface area contributed by atoms with Crippen LogP contribution in [0.15, 0.2) is 24.8 Å². The van der Waals surface area contributed by atoms with Gasteiger partial charge in [-0.05, 0) is 0 Å². The van der Waals surface area contributed by atoms with Crippen molar-refractivity contribution >= 4 is 6.03 Å². The minimum absolute atomic E-state index is 0.532. The molecule has 5 heteroatoms. The lowest BCUT2D eigenvalue weighted by molar-refractivity contribution is 0.250. The highest BCUT2D eigenvalue weighted by molar-refractivity contribution is 5.80. The van der Waals surface area contributed by atoms with Crippen LogP contribution in [0.4, 0.5) is 4.79 Å². The number of carbonyl (C=O) groups is 1. The van der Waals surface area contributed by atoms with Gasteiger partial charge < -0.3 is 5.73 Å². The lowest BCUT2D eigenvalue weighted by atomic mass is 10.3. The van der Waals surface area contributed by atoms with Crippen LogP contribution >= 0.6 is 0 Å². The third-order valence-electron chi connectivity index (χ3n) is 1.58. The number of carbonyl (C=O) groups excluding carboxylic acids is 1. The summed E-state index contributed by atoms with van der Waals surface area (Å²) in [5, 5.41) is 0. The molecule has 2 heterocycles. The fourth-order valence-corrected chi connectivity index (χ4v) is 1.05. The van der Waals surface area contributed by atoms with Crippen molar-refractivity contribution in [3.8, 4) is 11.4 Å². The van der Waals surface area contributed by atoms with E-state index in [0.717, 1.165) is 0 Å². The second-order valence-electron chi connectivity index (χ2n) is 2.31. The minimum atomic E-state index is -0.532. The van der Waals surface area contributed by atoms with Crippen molar-refractivity contribution in [1.82, 2.24) is 14.5 Å². The molecular formula is C7H6N4O. The van der Waals surface area contributed by atoms with Crippen LogP contribution in [-0.2, 0) is 0 Å². The highest BCUT2D eigenvalue weighted by atomic mass is 16.2. The van der Waals surface area contributed by atoms with Gasteiger partial charge in [0.25, 0.3) is 0 Å². The Balaban J connectivity index is 2.71. The topological polar surface area (TPSA) is 73.8 Å². The van der Waals surface area contributed by atoms with Crippen molar-refractivity contribution in [2.45, 2.75) is 0 Å². The molecule has 0 atom stereocenters. The van der Waals surface area contributed by atoms with Gasteiger partial charge >= 0.3 is 6.03 Å². The Hall–Kier alpha value is -1.91. The predicted octanol–water partition coefficient (Wildman–Crippen LogP) is 0.310. The monoisotopic (exact) mass is 162 g/mol. The van der Waals surface area contributed by atoms with Crippen LogP contribution in [0.5, 0.6) is 0 Å². The van der Waals surface area contributed by atoms with Gasteiger partial charge in [-0.1, -0.05) is 0 Å². The van der Waals surface area contributed by atoms with Crippen molar-refractivity contribution in [2.75, 3.05) is 0 Å². The second-order valence-corrected chi connectivity index (χ2v) is 2.31. The van der Waals surface area contributed by atoms with Crippen LogP contribution in [-0.4, -0.2) is 20.6 Å². The fraction of sp³-hybridized carbons (Fsp3) is 0. The minimum Gasteiger partial charge on any atom is -0.351 e. The summed E-state index contributed by atoms with van der Waals surface area (Å²) in [7, 11) is 0. The van der Waals surface area contributed by atoms with Gasteiger partial charge in [-0.2, -0.15) is 0 Å². The van der Waals surface area contributed by atoms with E-state index in [0.29, 0.717) is 11.4 Å². The quantitative estimate of drug-likeness (QED) is 0.605. The van der Waals surface area contributed by atoms with Crippen molar-refractivity contribution < 1.29 is 4.79 Å². The van der Waals surface area contributed by atoms with Gasteiger partial charge in [0.05, 0.1) is 18.1 Å². The van der Waals surface area contributed by atoms with Gasteiger partial charge in [0, 0.05) is 12.4 Å². The second kappa shape index (κ2) is 2.30. The molecule has 2 rings (SSSR count). The van der Waals surface area contributed by atoms with Crippen LogP contribution in [0.1, 0.15) is 0 Å². The molecule has 0 unspecified atom stereocenters. The molecule has 12 heavy (non-hydrogen) atoms. The van der Waals surface area contributed by atoms with E-state index < -0.39 is 6.03 Å². The number of nitrogens with two attached hydrogens (primary N) is 1. The van der Waals surface area contributed by atoms with Gasteiger partial charge in [-0.25, -0.2) is 4.79 Å². The summed E-state index contributed by atoms with van der Waals surface area (Å²) in [6.45, 7) is 0. The molecule has 0 saturated heterocycles. The first-order valence-corrected chi connectivity index (χ1v) is 3.36. The van der Waals surface area contributed by atoms with Crippen molar-refractivity contribution in [1.29, 1.82) is 0 Å². The summed E-state index contributed by atoms with van der Waals surface area (Å²) in [6.07, 6.45) is 6.14. The molecule has 1 amide bonds. The number of primary amides is 1. The number of fused-ring (bicyclic) bond motifs is 1. The lowest BCUT2D eigenvalue weighted by Gasteiger charge is -2.04. The summed E-state index contributed by atoms with van der Waals surface area (Å²) < 4.78 is 1.30. The number of hydrogen-bond donors (Lipinski definition) is 1. The molecule has 0 aliphatic carbocycles. The van der Waals surface area contributed by atoms with E-state index in [1.807, 2.05) is 0 Å². The third-order valence-corrected chi connectivity index (χ3v) is 1.58. The summed E-state index contributed by atoms with van der Waals surface area (Å²) in [5.74, 6) is 0. The van der Waals surface area contributed by atoms with E-state index in [1.165, 1.54) is 17.0 Å². The van der Waals surface area contributed by atoms with E-state index in [1.54, 1.807) is 12.4 Å². The summed E-state index contributed by atoms with van der Waals surface area (Å²) in [6, 6.07) is -0.532. The molecule has 5 nitrogen and oxygen atoms in total. The maximum Gasteiger partial charge on any atom is 0.323 e. The average molecular weight is 162 g/mol. The maximum atomic E-state index is 10.8. The predicted molar refractivity (Wildman–Crippen MR) is 41.6 cm³/mol. The normalized spacial score (nSPS) is 10.3. The number of hydrogen-bond acceptors (Lipinski definition) is 3. The van der Waals surface area contributed by atoms with E-state index >= 15 is 0 Å². The fourth-order valence-electron chi connectivity index (χ4n) is 1.05. The van der Waals surface area contributed by atoms with Crippen molar-refractivity contribution in [2.24, 2.45) is 5.73 Å². The Bertz CT molecular complexity index is 394. The Morgan fingerprint density at radius 2 is 2.33 bits per heavy atom. The molecule has 0 aromatic heterocycles. The highest BCUT2D eigenvalue weighted by Gasteiger charge is 2.10. The largest absolute Gasteiger partial charge is 0.351 e. The van der Waals surface area contributed by atoms with Gasteiger partial charge in [0.2, 0.25) is 0 Å². The smallest absolute Gasteiger partial charge is 0.323 e. The summed E-state index contributed by atoms with van der Waals surface area (Å²) in [4.78, 5) is 18.7. The average Bonchev–Trinajstić information content (AvgIpc) is 2.49. The molecule has 2 aliphatic rings. The molecule has 2 N–H and O–H groups in total. The zero-order valence-electron chi connectivity index (χ0n) is 6.14. The maximum absolute atomic E-state index is 10.8. The molecule has 0 saturated carbocycles. The van der Waals surface area contributed by atoms with E-state index in [2.05, 4.69) is 9.97 Å². The van der Waals surface area contributed by atoms with E-state index in [4.69, 9.17) is 5.73 Å². The van der Waals surface area contributed by atoms with Gasteiger partial charge in [-0.15, -0.1) is 0 Å². The van der Waals surface area contributed by atoms with Crippen molar-refractivity contribution in [3.63, 3.8) is 0 Å². The molecular weight excluding hydrogens is 156 g/mol. The number of nitrogens with zero attached hydrogens (tertiary/aromatic N) is 3. The molecule has 0 aromatic carbocycles. The Morgan fingerprint density at radius 3 is 3.08 bits per heavy atom. The van der Waals surface area contributed by atoms with Gasteiger partial charge in [0.15, 0.2) is 0 Å². The lowest BCUT2D eigenvalue weighted by Crippen LogP contribution is -2.21. The SMILES string of the molecule is NC(=O)n1ccnc2cncc1-2. The zero-order valence-corrected chi connectivity index (χ0v) is 6.14. The summed E-state index contributed by atoms with van der Waals surface area (Å²) >= 11 is 0. The Kier molecular flexibility index (Phi) is 1.30. The van der Waals surface area contributed by atoms with Crippen molar-refractivity contribution in [3.05, 3.63) is 24.8 Å². The first kappa shape index (κ1) is 6.78. The number of amides is 1. The molecule has 0 spiro atoms. The molecule has 0 radical (unpaired) electrons. The van der Waals surface area contributed by atoms with Gasteiger partial charge in [0.1, 0.15) is 5.69 Å². The van der Waals surface area contributed by atoms with Crippen LogP contribution < -0.4 is 5.73 Å². The van der Waals surface area contributed by atoms with Crippen LogP contribution in [0.25, 0.3) is 11.4 Å². The third kappa shape index (κ3) is 0.833. The number of aromatic nitrogens is 3. The summed E-state index contributed by atoms with van der Waals surface area (Å²) in [5.41, 5.74) is 6.40. The standard InChI is InChI=1S/C7H6N4O/c8-7(12)11-2-1-10-5-3-9-4-6(5)11/h1-4H,(H2,8,12). The Morgan fingerprint density at radius 1 is 1.50 bits per heavy atom. The molecule has 60 valence electrons. The molecule has 0 bridgehead atoms. The molecule has 2 aliphatic heterocycles. The first-order valence-electron chi connectivity index (χ1n) is 3.36. The van der Waals surface area contributed by atoms with Crippen LogP contribution in [0.3, 0.4) is 0 Å². The first-order chi connectivity index (χ1) is 5.79. The van der Waals surface area contributed by atoms with E-state index in [-0.39, 0.29) is 0 Å². The Labute approximate surface area is 68.2 Å². The zero-order chi connectivity index (χ0) is 8.55.